The van der Waals surface area contributed by atoms with E-state index in [2.05, 4.69) is 34.4 Å². The van der Waals surface area contributed by atoms with Gasteiger partial charge in [0.2, 0.25) is 0 Å². The molecule has 2 saturated heterocycles. The van der Waals surface area contributed by atoms with Gasteiger partial charge in [0.1, 0.15) is 0 Å². The van der Waals surface area contributed by atoms with Gasteiger partial charge < -0.3 is 14.7 Å². The highest BCUT2D eigenvalue weighted by Gasteiger charge is 2.27. The van der Waals surface area contributed by atoms with Gasteiger partial charge in [-0.1, -0.05) is 6.07 Å². The van der Waals surface area contributed by atoms with E-state index in [0.29, 0.717) is 5.25 Å². The fourth-order valence-electron chi connectivity index (χ4n) is 2.86. The summed E-state index contributed by atoms with van der Waals surface area (Å²) in [5.41, 5.74) is 0. The van der Waals surface area contributed by atoms with E-state index in [4.69, 9.17) is 0 Å². The number of hydrogen-bond acceptors (Lipinski definition) is 4. The summed E-state index contributed by atoms with van der Waals surface area (Å²) >= 11 is 3.84. The zero-order valence-electron chi connectivity index (χ0n) is 12.5. The van der Waals surface area contributed by atoms with Crippen molar-refractivity contribution in [2.45, 2.75) is 11.7 Å². The van der Waals surface area contributed by atoms with E-state index in [1.54, 1.807) is 0 Å². The maximum absolute atomic E-state index is 12.6. The van der Waals surface area contributed by atoms with Gasteiger partial charge in [-0.25, -0.2) is 4.79 Å². The molecular formula is C15H23N3OS2. The summed E-state index contributed by atoms with van der Waals surface area (Å²) in [5, 5.41) is 2.71. The number of piperazine rings is 1. The van der Waals surface area contributed by atoms with E-state index in [9.17, 15) is 4.79 Å². The Morgan fingerprint density at radius 1 is 1.14 bits per heavy atom. The molecule has 0 unspecified atom stereocenters. The lowest BCUT2D eigenvalue weighted by atomic mass is 10.2. The molecule has 0 spiro atoms. The molecule has 2 aliphatic heterocycles. The van der Waals surface area contributed by atoms with Crippen molar-refractivity contribution < 1.29 is 4.79 Å². The molecule has 1 aromatic heterocycles. The number of hydrogen-bond donors (Lipinski definition) is 0. The Morgan fingerprint density at radius 3 is 2.62 bits per heavy atom. The van der Waals surface area contributed by atoms with Crippen LogP contribution in [0, 0.1) is 0 Å². The van der Waals surface area contributed by atoms with Crippen molar-refractivity contribution in [3.05, 3.63) is 22.4 Å². The first-order valence-electron chi connectivity index (χ1n) is 7.61. The lowest BCUT2D eigenvalue weighted by Crippen LogP contribution is -2.52. The fraction of sp³-hybridized carbons (Fsp3) is 0.667. The van der Waals surface area contributed by atoms with Gasteiger partial charge in [-0.3, -0.25) is 0 Å². The second-order valence-electron chi connectivity index (χ2n) is 5.72. The van der Waals surface area contributed by atoms with Crippen molar-refractivity contribution in [2.24, 2.45) is 0 Å². The third-order valence-electron chi connectivity index (χ3n) is 4.25. The average molecular weight is 326 g/mol. The Hall–Kier alpha value is -0.720. The van der Waals surface area contributed by atoms with E-state index >= 15 is 0 Å². The minimum atomic E-state index is 0.246. The Morgan fingerprint density at radius 2 is 1.90 bits per heavy atom. The van der Waals surface area contributed by atoms with Gasteiger partial charge in [0, 0.05) is 55.1 Å². The molecule has 1 aromatic rings. The summed E-state index contributed by atoms with van der Waals surface area (Å²) < 4.78 is 0. The Bertz CT molecular complexity index is 457. The Kier molecular flexibility index (Phi) is 5.08. The van der Waals surface area contributed by atoms with Crippen LogP contribution in [0.15, 0.2) is 17.5 Å². The van der Waals surface area contributed by atoms with Crippen molar-refractivity contribution in [1.82, 2.24) is 14.7 Å². The zero-order chi connectivity index (χ0) is 14.7. The topological polar surface area (TPSA) is 26.8 Å². The van der Waals surface area contributed by atoms with Crippen molar-refractivity contribution >= 4 is 29.1 Å². The molecule has 2 fully saturated rings. The number of carbonyl (C=O) groups is 1. The van der Waals surface area contributed by atoms with E-state index in [-0.39, 0.29) is 6.03 Å². The molecule has 0 bridgehead atoms. The van der Waals surface area contributed by atoms with Crippen LogP contribution in [0.3, 0.4) is 0 Å². The van der Waals surface area contributed by atoms with Crippen LogP contribution in [0.1, 0.15) is 16.5 Å². The predicted molar refractivity (Wildman–Crippen MR) is 90.2 cm³/mol. The van der Waals surface area contributed by atoms with Crippen molar-refractivity contribution in [3.8, 4) is 0 Å². The van der Waals surface area contributed by atoms with Crippen LogP contribution in [0.25, 0.3) is 0 Å². The monoisotopic (exact) mass is 325 g/mol. The fourth-order valence-corrected chi connectivity index (χ4v) is 5.10. The summed E-state index contributed by atoms with van der Waals surface area (Å²) in [4.78, 5) is 20.5. The van der Waals surface area contributed by atoms with E-state index in [1.165, 1.54) is 4.88 Å². The Balaban J connectivity index is 1.56. The average Bonchev–Trinajstić information content (AvgIpc) is 2.92. The van der Waals surface area contributed by atoms with Gasteiger partial charge in [-0.05, 0) is 24.9 Å². The molecule has 116 valence electrons. The third kappa shape index (κ3) is 3.73. The summed E-state index contributed by atoms with van der Waals surface area (Å²) in [7, 11) is 2.12. The molecule has 6 heteroatoms. The lowest BCUT2D eigenvalue weighted by molar-refractivity contribution is 0.124. The van der Waals surface area contributed by atoms with Gasteiger partial charge >= 0.3 is 6.03 Å². The van der Waals surface area contributed by atoms with Crippen LogP contribution in [-0.2, 0) is 0 Å². The molecule has 0 aliphatic carbocycles. The second kappa shape index (κ2) is 7.03. The van der Waals surface area contributed by atoms with E-state index in [1.807, 2.05) is 28.0 Å². The van der Waals surface area contributed by atoms with Crippen LogP contribution in [0.2, 0.25) is 0 Å². The number of thiophene rings is 1. The molecule has 0 radical (unpaired) electrons. The van der Waals surface area contributed by atoms with Crippen LogP contribution in [0.5, 0.6) is 0 Å². The number of urea groups is 1. The van der Waals surface area contributed by atoms with Crippen molar-refractivity contribution in [3.63, 3.8) is 0 Å². The minimum absolute atomic E-state index is 0.246. The summed E-state index contributed by atoms with van der Waals surface area (Å²) in [6.07, 6.45) is 1.07. The first kappa shape index (κ1) is 15.2. The highest BCUT2D eigenvalue weighted by atomic mass is 32.2. The molecule has 0 aromatic carbocycles. The van der Waals surface area contributed by atoms with Gasteiger partial charge in [0.25, 0.3) is 0 Å². The smallest absolute Gasteiger partial charge is 0.320 e. The number of thioether (sulfide) groups is 1. The first-order chi connectivity index (χ1) is 10.2. The van der Waals surface area contributed by atoms with Crippen LogP contribution >= 0.6 is 23.1 Å². The maximum Gasteiger partial charge on any atom is 0.320 e. The number of nitrogens with zero attached hydrogens (tertiary/aromatic N) is 3. The normalized spacial score (nSPS) is 24.9. The SMILES string of the molecule is CN1CCN(C(=O)N2CCS[C@@H](c3cccs3)CC2)CC1. The molecule has 3 heterocycles. The van der Waals surface area contributed by atoms with Gasteiger partial charge in [-0.2, -0.15) is 11.8 Å². The lowest BCUT2D eigenvalue weighted by Gasteiger charge is -2.35. The van der Waals surface area contributed by atoms with E-state index in [0.717, 1.165) is 51.4 Å². The number of likely N-dealkylation sites (N-methyl/N-ethyl adjacent to an activating group) is 1. The summed E-state index contributed by atoms with van der Waals surface area (Å²) in [6, 6.07) is 4.59. The van der Waals surface area contributed by atoms with Gasteiger partial charge in [0.15, 0.2) is 0 Å². The largest absolute Gasteiger partial charge is 0.324 e. The zero-order valence-corrected chi connectivity index (χ0v) is 14.2. The quantitative estimate of drug-likeness (QED) is 0.794. The highest BCUT2D eigenvalue weighted by Crippen LogP contribution is 2.36. The van der Waals surface area contributed by atoms with Crippen molar-refractivity contribution in [1.29, 1.82) is 0 Å². The number of rotatable bonds is 1. The molecule has 0 N–H and O–H groups in total. The van der Waals surface area contributed by atoms with Gasteiger partial charge in [0.05, 0.1) is 0 Å². The molecule has 3 rings (SSSR count). The second-order valence-corrected chi connectivity index (χ2v) is 8.01. The minimum Gasteiger partial charge on any atom is -0.324 e. The van der Waals surface area contributed by atoms with Crippen LogP contribution < -0.4 is 0 Å². The van der Waals surface area contributed by atoms with Crippen LogP contribution in [0.4, 0.5) is 4.79 Å². The summed E-state index contributed by atoms with van der Waals surface area (Å²) in [6.45, 7) is 5.50. The maximum atomic E-state index is 12.6. The molecule has 0 saturated carbocycles. The summed E-state index contributed by atoms with van der Waals surface area (Å²) in [5.74, 6) is 1.04. The molecule has 1 atom stereocenters. The predicted octanol–water partition coefficient (Wildman–Crippen LogP) is 2.60. The molecule has 21 heavy (non-hydrogen) atoms. The molecule has 2 aliphatic rings. The van der Waals surface area contributed by atoms with Gasteiger partial charge in [-0.15, -0.1) is 11.3 Å². The Labute approximate surface area is 135 Å². The van der Waals surface area contributed by atoms with Crippen molar-refractivity contribution in [2.75, 3.05) is 52.1 Å². The highest BCUT2D eigenvalue weighted by molar-refractivity contribution is 7.99. The first-order valence-corrected chi connectivity index (χ1v) is 9.54. The standard InChI is InChI=1S/C15H23N3OS2/c1-16-6-8-18(9-7-16)15(19)17-5-4-14(21-12-10-17)13-3-2-11-20-13/h2-3,11,14H,4-10,12H2,1H3/t14-/m1/s1. The number of carbonyl (C=O) groups excluding carboxylic acids is 1. The van der Waals surface area contributed by atoms with E-state index < -0.39 is 0 Å². The third-order valence-corrected chi connectivity index (χ3v) is 6.69. The molecular weight excluding hydrogens is 302 g/mol. The molecule has 4 nitrogen and oxygen atoms in total. The van der Waals surface area contributed by atoms with Crippen LogP contribution in [-0.4, -0.2) is 72.8 Å². The number of amides is 2. The molecule has 2 amide bonds.